The maximum Gasteiger partial charge on any atom is 0.291 e. The average molecular weight is 490 g/mol. The Balaban J connectivity index is 1.76. The SMILES string of the molecule is Cc1nn(Cc2ccc(F)cc2)c(Cl)c1C=NNC(=O)c1nc(Cl)c(Cl)c(N)c1Cl. The number of hydrogen-bond acceptors (Lipinski definition) is 5. The van der Waals surface area contributed by atoms with Crippen molar-refractivity contribution >= 4 is 64.2 Å². The minimum Gasteiger partial charge on any atom is -0.396 e. The molecule has 3 rings (SSSR count). The Hall–Kier alpha value is -2.39. The zero-order valence-corrected chi connectivity index (χ0v) is 18.3. The number of nitrogen functional groups attached to an aromatic ring is 1. The number of benzene rings is 1. The number of rotatable bonds is 5. The van der Waals surface area contributed by atoms with E-state index in [1.165, 1.54) is 23.0 Å². The first kappa shape index (κ1) is 22.3. The lowest BCUT2D eigenvalue weighted by molar-refractivity contribution is 0.0950. The molecule has 0 fully saturated rings. The van der Waals surface area contributed by atoms with Crippen molar-refractivity contribution in [1.82, 2.24) is 20.2 Å². The molecule has 7 nitrogen and oxygen atoms in total. The number of aromatic nitrogens is 3. The molecule has 3 N–H and O–H groups in total. The number of nitrogens with two attached hydrogens (primary N) is 1. The minimum atomic E-state index is -0.742. The third-order valence-corrected chi connectivity index (χ3v) is 5.54. The zero-order valence-electron chi connectivity index (χ0n) is 15.3. The average Bonchev–Trinajstić information content (AvgIpc) is 2.98. The van der Waals surface area contributed by atoms with Crippen LogP contribution in [-0.2, 0) is 6.54 Å². The molecule has 3 aromatic rings. The van der Waals surface area contributed by atoms with Crippen LogP contribution in [-0.4, -0.2) is 26.9 Å². The van der Waals surface area contributed by atoms with Crippen molar-refractivity contribution < 1.29 is 9.18 Å². The quantitative estimate of drug-likeness (QED) is 0.307. The predicted octanol–water partition coefficient (Wildman–Crippen LogP) is 4.73. The van der Waals surface area contributed by atoms with E-state index in [0.29, 0.717) is 23.0 Å². The Morgan fingerprint density at radius 2 is 1.90 bits per heavy atom. The van der Waals surface area contributed by atoms with Gasteiger partial charge in [0.25, 0.3) is 5.91 Å². The number of halogens is 5. The minimum absolute atomic E-state index is 0.0438. The molecule has 0 aliphatic carbocycles. The second kappa shape index (κ2) is 9.18. The number of anilines is 1. The van der Waals surface area contributed by atoms with Gasteiger partial charge in [-0.25, -0.2) is 19.5 Å². The van der Waals surface area contributed by atoms with Gasteiger partial charge in [0.2, 0.25) is 0 Å². The second-order valence-electron chi connectivity index (χ2n) is 6.07. The van der Waals surface area contributed by atoms with E-state index in [1.54, 1.807) is 19.1 Å². The van der Waals surface area contributed by atoms with Gasteiger partial charge < -0.3 is 5.73 Å². The van der Waals surface area contributed by atoms with Crippen LogP contribution in [0, 0.1) is 12.7 Å². The van der Waals surface area contributed by atoms with Crippen molar-refractivity contribution in [3.05, 3.63) is 72.9 Å². The highest BCUT2D eigenvalue weighted by Gasteiger charge is 2.19. The fourth-order valence-corrected chi connectivity index (χ4v) is 3.35. The summed E-state index contributed by atoms with van der Waals surface area (Å²) in [5, 5.41) is 8.16. The van der Waals surface area contributed by atoms with Gasteiger partial charge in [0.05, 0.1) is 34.7 Å². The van der Waals surface area contributed by atoms with Crippen LogP contribution >= 0.6 is 46.4 Å². The molecule has 30 heavy (non-hydrogen) atoms. The summed E-state index contributed by atoms with van der Waals surface area (Å²) in [5.41, 5.74) is 9.57. The van der Waals surface area contributed by atoms with Crippen LogP contribution in [0.3, 0.4) is 0 Å². The van der Waals surface area contributed by atoms with Gasteiger partial charge in [0.1, 0.15) is 16.0 Å². The van der Waals surface area contributed by atoms with Gasteiger partial charge >= 0.3 is 0 Å². The van der Waals surface area contributed by atoms with Gasteiger partial charge in [-0.2, -0.15) is 10.2 Å². The Morgan fingerprint density at radius 1 is 1.23 bits per heavy atom. The predicted molar refractivity (Wildman–Crippen MR) is 116 cm³/mol. The monoisotopic (exact) mass is 488 g/mol. The Labute approximate surface area is 190 Å². The second-order valence-corrected chi connectivity index (χ2v) is 7.54. The summed E-state index contributed by atoms with van der Waals surface area (Å²) in [6.45, 7) is 2.07. The van der Waals surface area contributed by atoms with Crippen molar-refractivity contribution in [3.8, 4) is 0 Å². The molecular formula is C18H13Cl4FN6O. The number of aryl methyl sites for hydroxylation is 1. The number of hydrogen-bond donors (Lipinski definition) is 2. The standard InChI is InChI=1S/C18H13Cl4FN6O/c1-8-11(17(22)29(28-8)7-9-2-4-10(23)5-3-9)6-25-27-18(30)15-12(19)14(24)13(20)16(21)26-15/h2-6H,7H2,1H3,(H2,24,26)(H,27,30). The third kappa shape index (κ3) is 4.67. The smallest absolute Gasteiger partial charge is 0.291 e. The van der Waals surface area contributed by atoms with Gasteiger partial charge in [-0.15, -0.1) is 0 Å². The maximum atomic E-state index is 13.1. The summed E-state index contributed by atoms with van der Waals surface area (Å²) in [7, 11) is 0. The number of pyridine rings is 1. The number of hydrazone groups is 1. The lowest BCUT2D eigenvalue weighted by atomic mass is 10.2. The van der Waals surface area contributed by atoms with Crippen molar-refractivity contribution in [1.29, 1.82) is 0 Å². The van der Waals surface area contributed by atoms with E-state index >= 15 is 0 Å². The summed E-state index contributed by atoms with van der Waals surface area (Å²) in [5.74, 6) is -1.07. The van der Waals surface area contributed by atoms with E-state index in [1.807, 2.05) is 0 Å². The molecule has 0 unspecified atom stereocenters. The molecule has 0 spiro atoms. The van der Waals surface area contributed by atoms with E-state index in [4.69, 9.17) is 52.1 Å². The van der Waals surface area contributed by atoms with E-state index in [-0.39, 0.29) is 32.4 Å². The van der Waals surface area contributed by atoms with Crippen LogP contribution in [0.2, 0.25) is 20.4 Å². The highest BCUT2D eigenvalue weighted by molar-refractivity contribution is 6.46. The third-order valence-electron chi connectivity index (χ3n) is 4.00. The first-order chi connectivity index (χ1) is 14.2. The van der Waals surface area contributed by atoms with Crippen LogP contribution in [0.25, 0.3) is 0 Å². The molecule has 0 atom stereocenters. The molecule has 0 aliphatic heterocycles. The van der Waals surface area contributed by atoms with E-state index in [9.17, 15) is 9.18 Å². The van der Waals surface area contributed by atoms with Gasteiger partial charge in [-0.3, -0.25) is 4.79 Å². The number of nitrogens with one attached hydrogen (secondary N) is 1. The van der Waals surface area contributed by atoms with Crippen molar-refractivity contribution in [2.24, 2.45) is 5.10 Å². The highest BCUT2D eigenvalue weighted by atomic mass is 35.5. The first-order valence-corrected chi connectivity index (χ1v) is 9.81. The lowest BCUT2D eigenvalue weighted by Crippen LogP contribution is -2.20. The Morgan fingerprint density at radius 3 is 2.57 bits per heavy atom. The van der Waals surface area contributed by atoms with Crippen molar-refractivity contribution in [2.45, 2.75) is 13.5 Å². The molecule has 2 heterocycles. The molecule has 1 aromatic carbocycles. The molecular weight excluding hydrogens is 477 g/mol. The summed E-state index contributed by atoms with van der Waals surface area (Å²) in [4.78, 5) is 16.1. The van der Waals surface area contributed by atoms with E-state index in [2.05, 4.69) is 20.6 Å². The first-order valence-electron chi connectivity index (χ1n) is 8.29. The Kier molecular flexibility index (Phi) is 6.82. The molecule has 0 aliphatic rings. The van der Waals surface area contributed by atoms with Gasteiger partial charge in [-0.1, -0.05) is 58.5 Å². The molecule has 0 saturated heterocycles. The van der Waals surface area contributed by atoms with E-state index in [0.717, 1.165) is 5.56 Å². The Bertz CT molecular complexity index is 1150. The number of nitrogens with zero attached hydrogens (tertiary/aromatic N) is 4. The van der Waals surface area contributed by atoms with E-state index < -0.39 is 5.91 Å². The molecule has 0 bridgehead atoms. The highest BCUT2D eigenvalue weighted by Crippen LogP contribution is 2.34. The van der Waals surface area contributed by atoms with Crippen LogP contribution < -0.4 is 11.2 Å². The van der Waals surface area contributed by atoms with Crippen LogP contribution in [0.4, 0.5) is 10.1 Å². The summed E-state index contributed by atoms with van der Waals surface area (Å²) in [6, 6.07) is 5.98. The molecule has 0 radical (unpaired) electrons. The molecule has 156 valence electrons. The fraction of sp³-hybridized carbons (Fsp3) is 0.111. The van der Waals surface area contributed by atoms with Gasteiger partial charge in [-0.05, 0) is 24.6 Å². The maximum absolute atomic E-state index is 13.1. The summed E-state index contributed by atoms with van der Waals surface area (Å²) >= 11 is 24.0. The van der Waals surface area contributed by atoms with Gasteiger partial charge in [0, 0.05) is 0 Å². The lowest BCUT2D eigenvalue weighted by Gasteiger charge is -2.07. The molecule has 2 aromatic heterocycles. The van der Waals surface area contributed by atoms with Crippen LogP contribution in [0.1, 0.15) is 27.3 Å². The normalized spacial score (nSPS) is 11.3. The van der Waals surface area contributed by atoms with Gasteiger partial charge in [0.15, 0.2) is 10.8 Å². The number of amides is 1. The van der Waals surface area contributed by atoms with Crippen LogP contribution in [0.15, 0.2) is 29.4 Å². The summed E-state index contributed by atoms with van der Waals surface area (Å²) in [6.07, 6.45) is 1.33. The molecule has 0 saturated carbocycles. The van der Waals surface area contributed by atoms with Crippen molar-refractivity contribution in [2.75, 3.05) is 5.73 Å². The zero-order chi connectivity index (χ0) is 22.0. The summed E-state index contributed by atoms with van der Waals surface area (Å²) < 4.78 is 14.6. The fourth-order valence-electron chi connectivity index (χ4n) is 2.47. The van der Waals surface area contributed by atoms with Crippen molar-refractivity contribution in [3.63, 3.8) is 0 Å². The number of carbonyl (C=O) groups is 1. The largest absolute Gasteiger partial charge is 0.396 e. The van der Waals surface area contributed by atoms with Crippen LogP contribution in [0.5, 0.6) is 0 Å². The number of carbonyl (C=O) groups excluding carboxylic acids is 1. The topological polar surface area (TPSA) is 98.2 Å². The molecule has 12 heteroatoms. The molecule has 1 amide bonds.